The van der Waals surface area contributed by atoms with E-state index in [0.717, 1.165) is 12.1 Å². The summed E-state index contributed by atoms with van der Waals surface area (Å²) in [5.41, 5.74) is 0.289. The Morgan fingerprint density at radius 3 is 2.41 bits per heavy atom. The lowest BCUT2D eigenvalue weighted by Gasteiger charge is -2.34. The van der Waals surface area contributed by atoms with E-state index in [1.807, 2.05) is 6.92 Å². The molecule has 0 bridgehead atoms. The average molecular weight is 355 g/mol. The molecule has 0 spiro atoms. The van der Waals surface area contributed by atoms with Gasteiger partial charge in [0, 0.05) is 31.2 Å². The first kappa shape index (κ1) is 18.8. The summed E-state index contributed by atoms with van der Waals surface area (Å²) in [6.45, 7) is 3.83. The van der Waals surface area contributed by atoms with Crippen molar-refractivity contribution < 1.29 is 22.0 Å². The molecule has 1 saturated heterocycles. The van der Waals surface area contributed by atoms with Crippen LogP contribution in [0.4, 0.5) is 8.78 Å². The first-order valence-corrected chi connectivity index (χ1v) is 8.02. The molecule has 1 N–H and O–H groups in total. The lowest BCUT2D eigenvalue weighted by molar-refractivity contribution is 0.0655. The third-order valence-corrected chi connectivity index (χ3v) is 4.82. The first-order valence-electron chi connectivity index (χ1n) is 6.48. The minimum atomic E-state index is -4.62. The molecule has 9 heteroatoms. The Bertz CT molecular complexity index is 623. The van der Waals surface area contributed by atoms with Gasteiger partial charge in [0.1, 0.15) is 0 Å². The Morgan fingerprint density at radius 1 is 1.32 bits per heavy atom. The summed E-state index contributed by atoms with van der Waals surface area (Å²) in [7, 11) is -4.62. The molecule has 5 nitrogen and oxygen atoms in total. The number of hydrogen-bond donors (Lipinski definition) is 1. The van der Waals surface area contributed by atoms with E-state index in [9.17, 15) is 22.0 Å². The van der Waals surface area contributed by atoms with Crippen LogP contribution in [-0.4, -0.2) is 50.7 Å². The average Bonchev–Trinajstić information content (AvgIpc) is 2.47. The molecule has 2 rings (SSSR count). The number of nitrogens with one attached hydrogen (secondary N) is 1. The fourth-order valence-corrected chi connectivity index (χ4v) is 2.92. The Morgan fingerprint density at radius 2 is 1.91 bits per heavy atom. The number of carbonyl (C=O) groups is 1. The standard InChI is InChI=1S/C13H16F2N2O3S.ClH/c1-9-8-16-6-7-17(9)12(18)10-2-4-11(5-3-10)21(19,20)13(14)15;/h2-5,9,13,16H,6-8H2,1H3;1H/t9-;/m1./s1. The summed E-state index contributed by atoms with van der Waals surface area (Å²) in [5, 5.41) is 3.16. The number of piperazine rings is 1. The van der Waals surface area contributed by atoms with Crippen LogP contribution in [0.2, 0.25) is 0 Å². The maximum atomic E-state index is 12.4. The van der Waals surface area contributed by atoms with Crippen LogP contribution in [0.15, 0.2) is 29.2 Å². The molecule has 0 aromatic heterocycles. The van der Waals surface area contributed by atoms with Crippen molar-refractivity contribution in [1.29, 1.82) is 0 Å². The van der Waals surface area contributed by atoms with Gasteiger partial charge in [-0.2, -0.15) is 8.78 Å². The van der Waals surface area contributed by atoms with Gasteiger partial charge >= 0.3 is 5.76 Å². The van der Waals surface area contributed by atoms with E-state index in [-0.39, 0.29) is 29.9 Å². The minimum absolute atomic E-state index is 0. The highest BCUT2D eigenvalue weighted by atomic mass is 35.5. The molecule has 0 saturated carbocycles. The highest BCUT2D eigenvalue weighted by molar-refractivity contribution is 7.91. The van der Waals surface area contributed by atoms with Crippen LogP contribution in [0, 0.1) is 0 Å². The van der Waals surface area contributed by atoms with E-state index in [2.05, 4.69) is 5.32 Å². The van der Waals surface area contributed by atoms with Crippen LogP contribution in [0.5, 0.6) is 0 Å². The normalized spacial score (nSPS) is 18.9. The molecule has 1 aliphatic heterocycles. The summed E-state index contributed by atoms with van der Waals surface area (Å²) < 4.78 is 47.5. The SMILES string of the molecule is C[C@@H]1CNCCN1C(=O)c1ccc(S(=O)(=O)C(F)F)cc1.Cl. The molecule has 0 radical (unpaired) electrons. The molecule has 22 heavy (non-hydrogen) atoms. The number of carbonyl (C=O) groups excluding carboxylic acids is 1. The van der Waals surface area contributed by atoms with Gasteiger partial charge in [-0.15, -0.1) is 12.4 Å². The van der Waals surface area contributed by atoms with Crippen molar-refractivity contribution in [2.75, 3.05) is 19.6 Å². The maximum absolute atomic E-state index is 12.4. The van der Waals surface area contributed by atoms with Gasteiger partial charge < -0.3 is 10.2 Å². The van der Waals surface area contributed by atoms with Gasteiger partial charge in [-0.25, -0.2) is 8.42 Å². The fourth-order valence-electron chi connectivity index (χ4n) is 2.20. The van der Waals surface area contributed by atoms with Gasteiger partial charge in [0.25, 0.3) is 5.91 Å². The lowest BCUT2D eigenvalue weighted by atomic mass is 10.1. The lowest BCUT2D eigenvalue weighted by Crippen LogP contribution is -2.52. The Hall–Kier alpha value is -1.25. The molecular formula is C13H17ClF2N2O3S. The summed E-state index contributed by atoms with van der Waals surface area (Å²) >= 11 is 0. The quantitative estimate of drug-likeness (QED) is 0.894. The fraction of sp³-hybridized carbons (Fsp3) is 0.462. The second-order valence-corrected chi connectivity index (χ2v) is 6.80. The van der Waals surface area contributed by atoms with E-state index >= 15 is 0 Å². The maximum Gasteiger partial charge on any atom is 0.341 e. The van der Waals surface area contributed by atoms with E-state index < -0.39 is 20.5 Å². The monoisotopic (exact) mass is 354 g/mol. The zero-order chi connectivity index (χ0) is 15.6. The molecule has 1 heterocycles. The van der Waals surface area contributed by atoms with Crippen LogP contribution in [0.25, 0.3) is 0 Å². The van der Waals surface area contributed by atoms with Crippen molar-refractivity contribution >= 4 is 28.2 Å². The zero-order valence-corrected chi connectivity index (χ0v) is 13.5. The number of sulfone groups is 1. The number of halogens is 3. The summed E-state index contributed by atoms with van der Waals surface area (Å²) in [6.07, 6.45) is 0. The molecule has 0 unspecified atom stereocenters. The molecule has 124 valence electrons. The number of rotatable bonds is 3. The second kappa shape index (κ2) is 7.34. The number of benzene rings is 1. The van der Waals surface area contributed by atoms with Gasteiger partial charge in [0.05, 0.1) is 4.90 Å². The highest BCUT2D eigenvalue weighted by Crippen LogP contribution is 2.19. The van der Waals surface area contributed by atoms with Crippen LogP contribution in [0.3, 0.4) is 0 Å². The molecule has 1 fully saturated rings. The predicted molar refractivity (Wildman–Crippen MR) is 80.2 cm³/mol. The van der Waals surface area contributed by atoms with E-state index in [1.54, 1.807) is 4.90 Å². The van der Waals surface area contributed by atoms with Crippen LogP contribution >= 0.6 is 12.4 Å². The van der Waals surface area contributed by atoms with Gasteiger partial charge in [-0.1, -0.05) is 0 Å². The van der Waals surface area contributed by atoms with Crippen molar-refractivity contribution in [3.63, 3.8) is 0 Å². The van der Waals surface area contributed by atoms with Crippen molar-refractivity contribution in [1.82, 2.24) is 10.2 Å². The van der Waals surface area contributed by atoms with Crippen LogP contribution < -0.4 is 5.32 Å². The summed E-state index contributed by atoms with van der Waals surface area (Å²) in [4.78, 5) is 13.5. The third-order valence-electron chi connectivity index (χ3n) is 3.43. The van der Waals surface area contributed by atoms with Gasteiger partial charge in [0.2, 0.25) is 9.84 Å². The Kier molecular flexibility index (Phi) is 6.27. The Labute approximate surface area is 134 Å². The van der Waals surface area contributed by atoms with Crippen molar-refractivity contribution in [3.05, 3.63) is 29.8 Å². The number of hydrogen-bond acceptors (Lipinski definition) is 4. The Balaban J connectivity index is 0.00000242. The molecule has 1 aliphatic rings. The van der Waals surface area contributed by atoms with Crippen LogP contribution in [0.1, 0.15) is 17.3 Å². The molecule has 0 aliphatic carbocycles. The molecule has 1 atom stereocenters. The smallest absolute Gasteiger partial charge is 0.333 e. The molecular weight excluding hydrogens is 338 g/mol. The van der Waals surface area contributed by atoms with Crippen LogP contribution in [-0.2, 0) is 9.84 Å². The largest absolute Gasteiger partial charge is 0.341 e. The highest BCUT2D eigenvalue weighted by Gasteiger charge is 2.28. The topological polar surface area (TPSA) is 66.5 Å². The number of nitrogens with zero attached hydrogens (tertiary/aromatic N) is 1. The van der Waals surface area contributed by atoms with Gasteiger partial charge in [-0.05, 0) is 31.2 Å². The van der Waals surface area contributed by atoms with Crippen molar-refractivity contribution in [2.45, 2.75) is 23.6 Å². The predicted octanol–water partition coefficient (Wildman–Crippen LogP) is 1.54. The van der Waals surface area contributed by atoms with E-state index in [4.69, 9.17) is 0 Å². The second-order valence-electron chi connectivity index (χ2n) is 4.88. The summed E-state index contributed by atoms with van der Waals surface area (Å²) in [6, 6.07) is 4.65. The van der Waals surface area contributed by atoms with Crippen molar-refractivity contribution in [3.8, 4) is 0 Å². The number of amides is 1. The van der Waals surface area contributed by atoms with Crippen molar-refractivity contribution in [2.24, 2.45) is 0 Å². The molecule has 1 aromatic carbocycles. The molecule has 1 aromatic rings. The summed E-state index contributed by atoms with van der Waals surface area (Å²) in [5.74, 6) is -3.70. The van der Waals surface area contributed by atoms with Gasteiger partial charge in [-0.3, -0.25) is 4.79 Å². The molecule has 1 amide bonds. The number of alkyl halides is 2. The van der Waals surface area contributed by atoms with E-state index in [0.29, 0.717) is 19.6 Å². The van der Waals surface area contributed by atoms with Gasteiger partial charge in [0.15, 0.2) is 0 Å². The first-order chi connectivity index (χ1) is 9.84. The zero-order valence-electron chi connectivity index (χ0n) is 11.8. The van der Waals surface area contributed by atoms with E-state index in [1.165, 1.54) is 12.1 Å². The third kappa shape index (κ3) is 3.74. The minimum Gasteiger partial charge on any atom is -0.333 e.